The normalized spacial score (nSPS) is 12.2. The summed E-state index contributed by atoms with van der Waals surface area (Å²) in [7, 11) is 4.80. The number of rotatable bonds is 8. The van der Waals surface area contributed by atoms with Gasteiger partial charge in [0.2, 0.25) is 0 Å². The molecule has 0 amide bonds. The minimum atomic E-state index is -0.0817. The molecule has 7 nitrogen and oxygen atoms in total. The summed E-state index contributed by atoms with van der Waals surface area (Å²) in [6.07, 6.45) is 0. The van der Waals surface area contributed by atoms with Crippen LogP contribution < -0.4 is 24.8 Å². The summed E-state index contributed by atoms with van der Waals surface area (Å²) in [5.74, 6) is 2.68. The number of aromatic hydroxyl groups is 1. The Balaban J connectivity index is 2.21. The lowest BCUT2D eigenvalue weighted by Crippen LogP contribution is -2.38. The van der Waals surface area contributed by atoms with E-state index in [1.807, 2.05) is 44.2 Å². The molecule has 0 aliphatic rings. The molecular formula is C21H29N3O4. The topological polar surface area (TPSA) is 84.3 Å². The summed E-state index contributed by atoms with van der Waals surface area (Å²) in [4.78, 5) is 4.59. The van der Waals surface area contributed by atoms with Crippen LogP contribution in [-0.4, -0.2) is 38.9 Å². The third kappa shape index (κ3) is 5.22. The first-order valence-corrected chi connectivity index (χ1v) is 9.15. The summed E-state index contributed by atoms with van der Waals surface area (Å²) in [5, 5.41) is 16.8. The van der Waals surface area contributed by atoms with Crippen LogP contribution >= 0.6 is 0 Å². The van der Waals surface area contributed by atoms with Gasteiger partial charge in [-0.3, -0.25) is 0 Å². The molecule has 1 atom stereocenters. The maximum atomic E-state index is 10.3. The van der Waals surface area contributed by atoms with Gasteiger partial charge in [-0.15, -0.1) is 0 Å². The molecule has 0 saturated heterocycles. The Bertz CT molecular complexity index is 808. The van der Waals surface area contributed by atoms with Crippen molar-refractivity contribution in [3.63, 3.8) is 0 Å². The van der Waals surface area contributed by atoms with Crippen LogP contribution in [-0.2, 0) is 6.54 Å². The van der Waals surface area contributed by atoms with Crippen LogP contribution in [0.4, 0.5) is 0 Å². The number of nitrogens with zero attached hydrogens (tertiary/aromatic N) is 1. The molecule has 3 N–H and O–H groups in total. The first-order valence-electron chi connectivity index (χ1n) is 9.15. The fourth-order valence-electron chi connectivity index (χ4n) is 2.80. The van der Waals surface area contributed by atoms with Gasteiger partial charge in [0.15, 0.2) is 17.5 Å². The van der Waals surface area contributed by atoms with Gasteiger partial charge < -0.3 is 30.0 Å². The number of guanidine groups is 1. The zero-order valence-electron chi connectivity index (χ0n) is 17.1. The number of phenolic OH excluding ortho intramolecular Hbond substituents is 1. The van der Waals surface area contributed by atoms with E-state index in [1.54, 1.807) is 20.3 Å². The van der Waals surface area contributed by atoms with Crippen molar-refractivity contribution in [1.29, 1.82) is 0 Å². The van der Waals surface area contributed by atoms with Gasteiger partial charge in [0.05, 0.1) is 33.9 Å². The van der Waals surface area contributed by atoms with Crippen LogP contribution in [0.1, 0.15) is 31.0 Å². The Morgan fingerprint density at radius 3 is 2.46 bits per heavy atom. The van der Waals surface area contributed by atoms with E-state index < -0.39 is 0 Å². The molecule has 28 heavy (non-hydrogen) atoms. The molecule has 0 bridgehead atoms. The molecule has 1 unspecified atom stereocenters. The standard InChI is InChI=1S/C21H29N3O4/c1-6-22-21(23-13-15-8-7-9-19(28-5)20(15)25)24-14(2)17-12-16(26-3)10-11-18(17)27-4/h7-12,14,25H,6,13H2,1-5H3,(H2,22,23,24). The minimum Gasteiger partial charge on any atom is -0.504 e. The molecule has 2 aromatic carbocycles. The van der Waals surface area contributed by atoms with E-state index in [0.29, 0.717) is 30.4 Å². The molecule has 0 saturated carbocycles. The Morgan fingerprint density at radius 1 is 1.07 bits per heavy atom. The number of benzene rings is 2. The predicted octanol–water partition coefficient (Wildman–Crippen LogP) is 3.23. The molecule has 152 valence electrons. The van der Waals surface area contributed by atoms with Crippen molar-refractivity contribution < 1.29 is 19.3 Å². The first-order chi connectivity index (χ1) is 13.5. The van der Waals surface area contributed by atoms with Gasteiger partial charge in [0.25, 0.3) is 0 Å². The second-order valence-electron chi connectivity index (χ2n) is 6.14. The quantitative estimate of drug-likeness (QED) is 0.476. The van der Waals surface area contributed by atoms with Crippen molar-refractivity contribution >= 4 is 5.96 Å². The lowest BCUT2D eigenvalue weighted by atomic mass is 10.1. The number of nitrogens with one attached hydrogen (secondary N) is 2. The van der Waals surface area contributed by atoms with Crippen molar-refractivity contribution in [2.75, 3.05) is 27.9 Å². The average Bonchev–Trinajstić information content (AvgIpc) is 2.72. The molecule has 2 rings (SSSR count). The SMILES string of the molecule is CCNC(=NCc1cccc(OC)c1O)NC(C)c1cc(OC)ccc1OC. The Labute approximate surface area is 166 Å². The van der Waals surface area contributed by atoms with Crippen LogP contribution in [0.2, 0.25) is 0 Å². The van der Waals surface area contributed by atoms with Gasteiger partial charge in [0.1, 0.15) is 11.5 Å². The molecule has 0 heterocycles. The van der Waals surface area contributed by atoms with E-state index in [2.05, 4.69) is 15.6 Å². The number of aliphatic imine (C=N–C) groups is 1. The minimum absolute atomic E-state index is 0.0817. The third-order valence-electron chi connectivity index (χ3n) is 4.31. The molecule has 0 radical (unpaired) electrons. The zero-order chi connectivity index (χ0) is 20.5. The third-order valence-corrected chi connectivity index (χ3v) is 4.31. The Kier molecular flexibility index (Phi) is 7.80. The molecule has 0 aromatic heterocycles. The van der Waals surface area contributed by atoms with Gasteiger partial charge in [0, 0.05) is 17.7 Å². The van der Waals surface area contributed by atoms with Crippen LogP contribution in [0.3, 0.4) is 0 Å². The highest BCUT2D eigenvalue weighted by molar-refractivity contribution is 5.80. The summed E-state index contributed by atoms with van der Waals surface area (Å²) in [5.41, 5.74) is 1.64. The van der Waals surface area contributed by atoms with E-state index >= 15 is 0 Å². The van der Waals surface area contributed by atoms with Gasteiger partial charge >= 0.3 is 0 Å². The predicted molar refractivity (Wildman–Crippen MR) is 111 cm³/mol. The highest BCUT2D eigenvalue weighted by Crippen LogP contribution is 2.30. The van der Waals surface area contributed by atoms with Crippen molar-refractivity contribution in [2.45, 2.75) is 26.4 Å². The fourth-order valence-corrected chi connectivity index (χ4v) is 2.80. The van der Waals surface area contributed by atoms with Crippen molar-refractivity contribution in [3.05, 3.63) is 47.5 Å². The first kappa shape index (κ1) is 21.2. The Morgan fingerprint density at radius 2 is 1.82 bits per heavy atom. The second-order valence-corrected chi connectivity index (χ2v) is 6.14. The van der Waals surface area contributed by atoms with Crippen LogP contribution in [0.15, 0.2) is 41.4 Å². The molecule has 0 fully saturated rings. The van der Waals surface area contributed by atoms with E-state index in [-0.39, 0.29) is 11.8 Å². The molecule has 0 spiro atoms. The summed E-state index contributed by atoms with van der Waals surface area (Å²) < 4.78 is 16.0. The average molecular weight is 387 g/mol. The zero-order valence-corrected chi connectivity index (χ0v) is 17.1. The van der Waals surface area contributed by atoms with E-state index in [0.717, 1.165) is 17.1 Å². The van der Waals surface area contributed by atoms with Gasteiger partial charge in [-0.25, -0.2) is 4.99 Å². The Hall–Kier alpha value is -3.09. The van der Waals surface area contributed by atoms with Crippen LogP contribution in [0.25, 0.3) is 0 Å². The highest BCUT2D eigenvalue weighted by atomic mass is 16.5. The van der Waals surface area contributed by atoms with Crippen LogP contribution in [0.5, 0.6) is 23.0 Å². The molecule has 0 aliphatic carbocycles. The molecular weight excluding hydrogens is 358 g/mol. The maximum Gasteiger partial charge on any atom is 0.192 e. The summed E-state index contributed by atoms with van der Waals surface area (Å²) in [6, 6.07) is 11.0. The molecule has 2 aromatic rings. The lowest BCUT2D eigenvalue weighted by Gasteiger charge is -2.21. The smallest absolute Gasteiger partial charge is 0.192 e. The number of hydrogen-bond donors (Lipinski definition) is 3. The number of methoxy groups -OCH3 is 3. The summed E-state index contributed by atoms with van der Waals surface area (Å²) >= 11 is 0. The highest BCUT2D eigenvalue weighted by Gasteiger charge is 2.15. The monoisotopic (exact) mass is 387 g/mol. The summed E-state index contributed by atoms with van der Waals surface area (Å²) in [6.45, 7) is 5.03. The number of ether oxygens (including phenoxy) is 3. The lowest BCUT2D eigenvalue weighted by molar-refractivity contribution is 0.370. The maximum absolute atomic E-state index is 10.3. The fraction of sp³-hybridized carbons (Fsp3) is 0.381. The second kappa shape index (κ2) is 10.3. The molecule has 0 aliphatic heterocycles. The van der Waals surface area contributed by atoms with Crippen LogP contribution in [0, 0.1) is 0 Å². The van der Waals surface area contributed by atoms with Gasteiger partial charge in [-0.1, -0.05) is 12.1 Å². The van der Waals surface area contributed by atoms with E-state index in [4.69, 9.17) is 14.2 Å². The molecule has 7 heteroatoms. The largest absolute Gasteiger partial charge is 0.504 e. The number of hydrogen-bond acceptors (Lipinski definition) is 5. The van der Waals surface area contributed by atoms with Crippen molar-refractivity contribution in [1.82, 2.24) is 10.6 Å². The van der Waals surface area contributed by atoms with E-state index in [9.17, 15) is 5.11 Å². The van der Waals surface area contributed by atoms with Crippen molar-refractivity contribution in [2.24, 2.45) is 4.99 Å². The van der Waals surface area contributed by atoms with Gasteiger partial charge in [-0.05, 0) is 38.1 Å². The number of para-hydroxylation sites is 1. The van der Waals surface area contributed by atoms with Gasteiger partial charge in [-0.2, -0.15) is 0 Å². The van der Waals surface area contributed by atoms with Crippen molar-refractivity contribution in [3.8, 4) is 23.0 Å². The number of phenols is 1. The van der Waals surface area contributed by atoms with E-state index in [1.165, 1.54) is 7.11 Å².